The van der Waals surface area contributed by atoms with Gasteiger partial charge in [0.25, 0.3) is 5.91 Å². The third kappa shape index (κ3) is 4.47. The molecule has 2 aromatic carbocycles. The molecule has 0 spiro atoms. The molecule has 3 nitrogen and oxygen atoms in total. The van der Waals surface area contributed by atoms with Crippen molar-refractivity contribution in [2.24, 2.45) is 0 Å². The molecule has 2 N–H and O–H groups in total. The van der Waals surface area contributed by atoms with E-state index < -0.39 is 6.10 Å². The van der Waals surface area contributed by atoms with Crippen LogP contribution in [0.5, 0.6) is 0 Å². The van der Waals surface area contributed by atoms with Crippen molar-refractivity contribution in [3.8, 4) is 0 Å². The van der Waals surface area contributed by atoms with Crippen LogP contribution in [-0.2, 0) is 0 Å². The Balaban J connectivity index is 1.95. The zero-order valence-electron chi connectivity index (χ0n) is 12.1. The third-order valence-electron chi connectivity index (χ3n) is 3.32. The fourth-order valence-electron chi connectivity index (χ4n) is 2.15. The SMILES string of the molecule is C[C@@H](C[C@@H](O)c1ccccc1)NC(=O)c1ccc(Cl)c(Cl)c1. The fraction of sp³-hybridized carbons (Fsp3) is 0.235. The van der Waals surface area contributed by atoms with E-state index in [4.69, 9.17) is 23.2 Å². The first kappa shape index (κ1) is 16.8. The van der Waals surface area contributed by atoms with Gasteiger partial charge in [0, 0.05) is 11.6 Å². The molecule has 0 aromatic heterocycles. The van der Waals surface area contributed by atoms with Gasteiger partial charge in [0.1, 0.15) is 0 Å². The molecular weight excluding hydrogens is 321 g/mol. The average Bonchev–Trinajstić information content (AvgIpc) is 2.50. The summed E-state index contributed by atoms with van der Waals surface area (Å²) < 4.78 is 0. The van der Waals surface area contributed by atoms with Gasteiger partial charge in [0.15, 0.2) is 0 Å². The summed E-state index contributed by atoms with van der Waals surface area (Å²) in [6.45, 7) is 1.85. The van der Waals surface area contributed by atoms with Crippen LogP contribution < -0.4 is 5.32 Å². The molecule has 0 bridgehead atoms. The fourth-order valence-corrected chi connectivity index (χ4v) is 2.45. The first-order chi connectivity index (χ1) is 10.5. The zero-order chi connectivity index (χ0) is 16.1. The van der Waals surface area contributed by atoms with Crippen molar-refractivity contribution in [3.63, 3.8) is 0 Å². The van der Waals surface area contributed by atoms with E-state index in [-0.39, 0.29) is 11.9 Å². The van der Waals surface area contributed by atoms with Gasteiger partial charge in [-0.2, -0.15) is 0 Å². The summed E-state index contributed by atoms with van der Waals surface area (Å²) in [7, 11) is 0. The van der Waals surface area contributed by atoms with Crippen LogP contribution in [-0.4, -0.2) is 17.1 Å². The van der Waals surface area contributed by atoms with E-state index in [0.717, 1.165) is 5.56 Å². The number of carbonyl (C=O) groups is 1. The average molecular weight is 338 g/mol. The molecule has 2 rings (SSSR count). The highest BCUT2D eigenvalue weighted by atomic mass is 35.5. The molecule has 22 heavy (non-hydrogen) atoms. The summed E-state index contributed by atoms with van der Waals surface area (Å²) in [6, 6.07) is 13.9. The summed E-state index contributed by atoms with van der Waals surface area (Å²) in [5, 5.41) is 13.8. The lowest BCUT2D eigenvalue weighted by Crippen LogP contribution is -2.33. The lowest BCUT2D eigenvalue weighted by Gasteiger charge is -2.18. The molecule has 116 valence electrons. The van der Waals surface area contributed by atoms with Crippen molar-refractivity contribution in [2.75, 3.05) is 0 Å². The predicted octanol–water partition coefficient (Wildman–Crippen LogP) is 4.24. The normalized spacial score (nSPS) is 13.5. The molecule has 0 aliphatic carbocycles. The monoisotopic (exact) mass is 337 g/mol. The lowest BCUT2D eigenvalue weighted by atomic mass is 10.0. The van der Waals surface area contributed by atoms with Crippen molar-refractivity contribution < 1.29 is 9.90 Å². The number of amides is 1. The van der Waals surface area contributed by atoms with Crippen LogP contribution in [0, 0.1) is 0 Å². The number of hydrogen-bond acceptors (Lipinski definition) is 2. The van der Waals surface area contributed by atoms with Crippen LogP contribution in [0.25, 0.3) is 0 Å². The predicted molar refractivity (Wildman–Crippen MR) is 89.4 cm³/mol. The van der Waals surface area contributed by atoms with Gasteiger partial charge in [-0.25, -0.2) is 0 Å². The van der Waals surface area contributed by atoms with Crippen molar-refractivity contribution in [2.45, 2.75) is 25.5 Å². The van der Waals surface area contributed by atoms with Gasteiger partial charge in [-0.15, -0.1) is 0 Å². The number of aliphatic hydroxyl groups excluding tert-OH is 1. The molecule has 1 amide bonds. The van der Waals surface area contributed by atoms with E-state index in [1.165, 1.54) is 6.07 Å². The molecule has 5 heteroatoms. The summed E-state index contributed by atoms with van der Waals surface area (Å²) in [5.74, 6) is -0.244. The van der Waals surface area contributed by atoms with Gasteiger partial charge in [0.2, 0.25) is 0 Å². The van der Waals surface area contributed by atoms with Crippen LogP contribution in [0.4, 0.5) is 0 Å². The van der Waals surface area contributed by atoms with E-state index in [1.807, 2.05) is 37.3 Å². The minimum Gasteiger partial charge on any atom is -0.388 e. The molecule has 0 aliphatic rings. The van der Waals surface area contributed by atoms with Crippen LogP contribution >= 0.6 is 23.2 Å². The topological polar surface area (TPSA) is 49.3 Å². The Morgan fingerprint density at radius 3 is 2.45 bits per heavy atom. The quantitative estimate of drug-likeness (QED) is 0.857. The Morgan fingerprint density at radius 1 is 1.14 bits per heavy atom. The maximum atomic E-state index is 12.1. The Bertz CT molecular complexity index is 646. The Kier molecular flexibility index (Phi) is 5.83. The first-order valence-corrected chi connectivity index (χ1v) is 7.72. The number of benzene rings is 2. The molecule has 0 unspecified atom stereocenters. The van der Waals surface area contributed by atoms with E-state index >= 15 is 0 Å². The van der Waals surface area contributed by atoms with E-state index in [0.29, 0.717) is 22.0 Å². The second kappa shape index (κ2) is 7.63. The number of aliphatic hydroxyl groups is 1. The lowest BCUT2D eigenvalue weighted by molar-refractivity contribution is 0.0917. The standard InChI is InChI=1S/C17H17Cl2NO2/c1-11(9-16(21)12-5-3-2-4-6-12)20-17(22)13-7-8-14(18)15(19)10-13/h2-8,10-11,16,21H,9H2,1H3,(H,20,22)/t11-,16+/m0/s1. The molecule has 0 fully saturated rings. The smallest absolute Gasteiger partial charge is 0.251 e. The summed E-state index contributed by atoms with van der Waals surface area (Å²) in [6.07, 6.45) is -0.192. The van der Waals surface area contributed by atoms with Crippen LogP contribution in [0.2, 0.25) is 10.0 Å². The molecule has 0 heterocycles. The minimum absolute atomic E-state index is 0.183. The molecule has 2 aromatic rings. The van der Waals surface area contributed by atoms with Crippen LogP contribution in [0.3, 0.4) is 0 Å². The van der Waals surface area contributed by atoms with Crippen LogP contribution in [0.1, 0.15) is 35.4 Å². The Labute approximate surface area is 139 Å². The molecular formula is C17H17Cl2NO2. The highest BCUT2D eigenvalue weighted by Crippen LogP contribution is 2.23. The van der Waals surface area contributed by atoms with Gasteiger partial charge in [0.05, 0.1) is 16.1 Å². The van der Waals surface area contributed by atoms with Gasteiger partial charge in [-0.3, -0.25) is 4.79 Å². The second-order valence-electron chi connectivity index (χ2n) is 5.17. The maximum Gasteiger partial charge on any atom is 0.251 e. The minimum atomic E-state index is -0.620. The van der Waals surface area contributed by atoms with Crippen molar-refractivity contribution in [1.82, 2.24) is 5.32 Å². The summed E-state index contributed by atoms with van der Waals surface area (Å²) >= 11 is 11.7. The van der Waals surface area contributed by atoms with Crippen molar-refractivity contribution >= 4 is 29.1 Å². The number of rotatable bonds is 5. The van der Waals surface area contributed by atoms with Gasteiger partial charge >= 0.3 is 0 Å². The zero-order valence-corrected chi connectivity index (χ0v) is 13.6. The van der Waals surface area contributed by atoms with Crippen LogP contribution in [0.15, 0.2) is 48.5 Å². The van der Waals surface area contributed by atoms with Crippen molar-refractivity contribution in [3.05, 3.63) is 69.7 Å². The number of nitrogens with one attached hydrogen (secondary N) is 1. The number of hydrogen-bond donors (Lipinski definition) is 2. The first-order valence-electron chi connectivity index (χ1n) is 6.96. The number of halogens is 2. The van der Waals surface area contributed by atoms with Crippen molar-refractivity contribution in [1.29, 1.82) is 0 Å². The Morgan fingerprint density at radius 2 is 1.82 bits per heavy atom. The molecule has 0 aliphatic heterocycles. The van der Waals surface area contributed by atoms with Gasteiger partial charge < -0.3 is 10.4 Å². The second-order valence-corrected chi connectivity index (χ2v) is 5.98. The van der Waals surface area contributed by atoms with E-state index in [2.05, 4.69) is 5.32 Å². The van der Waals surface area contributed by atoms with Gasteiger partial charge in [-0.1, -0.05) is 53.5 Å². The molecule has 0 saturated heterocycles. The number of carbonyl (C=O) groups excluding carboxylic acids is 1. The summed E-state index contributed by atoms with van der Waals surface area (Å²) in [4.78, 5) is 12.1. The van der Waals surface area contributed by atoms with E-state index in [9.17, 15) is 9.90 Å². The van der Waals surface area contributed by atoms with Gasteiger partial charge in [-0.05, 0) is 37.1 Å². The van der Waals surface area contributed by atoms with E-state index in [1.54, 1.807) is 12.1 Å². The molecule has 2 atom stereocenters. The highest BCUT2D eigenvalue weighted by Gasteiger charge is 2.15. The molecule has 0 saturated carbocycles. The third-order valence-corrected chi connectivity index (χ3v) is 4.06. The maximum absolute atomic E-state index is 12.1. The largest absolute Gasteiger partial charge is 0.388 e. The Hall–Kier alpha value is -1.55. The molecule has 0 radical (unpaired) electrons. The highest BCUT2D eigenvalue weighted by molar-refractivity contribution is 6.42. The summed E-state index contributed by atoms with van der Waals surface area (Å²) in [5.41, 5.74) is 1.27.